The Morgan fingerprint density at radius 2 is 2.19 bits per heavy atom. The first-order valence-electron chi connectivity index (χ1n) is 9.22. The third kappa shape index (κ3) is 3.41. The highest BCUT2D eigenvalue weighted by atomic mass is 16.1. The molecule has 6 heteroatoms. The van der Waals surface area contributed by atoms with Gasteiger partial charge in [-0.1, -0.05) is 12.1 Å². The number of rotatable bonds is 5. The molecule has 136 valence electrons. The summed E-state index contributed by atoms with van der Waals surface area (Å²) in [5, 5.41) is 17.2. The van der Waals surface area contributed by atoms with Gasteiger partial charge in [-0.25, -0.2) is 9.67 Å². The predicted molar refractivity (Wildman–Crippen MR) is 102 cm³/mol. The van der Waals surface area contributed by atoms with Gasteiger partial charge in [-0.2, -0.15) is 10.4 Å². The first-order chi connectivity index (χ1) is 13.1. The van der Waals surface area contributed by atoms with Crippen LogP contribution in [0.2, 0.25) is 0 Å². The topological polar surface area (TPSA) is 83.6 Å². The van der Waals surface area contributed by atoms with Gasteiger partial charge in [-0.3, -0.25) is 4.79 Å². The van der Waals surface area contributed by atoms with E-state index in [4.69, 9.17) is 10.2 Å². The van der Waals surface area contributed by atoms with Gasteiger partial charge in [0.15, 0.2) is 5.65 Å². The zero-order valence-corrected chi connectivity index (χ0v) is 15.4. The molecule has 3 aromatic rings. The molecule has 1 fully saturated rings. The van der Waals surface area contributed by atoms with Crippen molar-refractivity contribution in [3.05, 3.63) is 58.9 Å². The quantitative estimate of drug-likeness (QED) is 0.753. The highest BCUT2D eigenvalue weighted by molar-refractivity contribution is 6.05. The number of nitriles is 1. The van der Waals surface area contributed by atoms with Crippen LogP contribution in [-0.4, -0.2) is 20.7 Å². The fourth-order valence-electron chi connectivity index (χ4n) is 3.22. The van der Waals surface area contributed by atoms with Crippen molar-refractivity contribution >= 4 is 16.9 Å². The summed E-state index contributed by atoms with van der Waals surface area (Å²) < 4.78 is 1.87. The van der Waals surface area contributed by atoms with E-state index in [9.17, 15) is 4.79 Å². The average Bonchev–Trinajstić information content (AvgIpc) is 3.44. The number of aromatic nitrogens is 3. The van der Waals surface area contributed by atoms with Gasteiger partial charge in [-0.05, 0) is 50.5 Å². The third-order valence-electron chi connectivity index (χ3n) is 4.83. The fraction of sp³-hybridized carbons (Fsp3) is 0.333. The summed E-state index contributed by atoms with van der Waals surface area (Å²) in [6.07, 6.45) is 3.97. The Balaban J connectivity index is 1.65. The molecule has 1 aliphatic carbocycles. The monoisotopic (exact) mass is 359 g/mol. The molecule has 0 bridgehead atoms. The van der Waals surface area contributed by atoms with E-state index >= 15 is 0 Å². The van der Waals surface area contributed by atoms with Gasteiger partial charge in [-0.15, -0.1) is 0 Å². The number of nitrogens with zero attached hydrogens (tertiary/aromatic N) is 4. The minimum atomic E-state index is -0.144. The van der Waals surface area contributed by atoms with Crippen molar-refractivity contribution in [1.29, 1.82) is 5.26 Å². The predicted octanol–water partition coefficient (Wildman–Crippen LogP) is 3.69. The molecule has 1 N–H and O–H groups in total. The first-order valence-corrected chi connectivity index (χ1v) is 9.22. The second-order valence-corrected chi connectivity index (χ2v) is 7.28. The van der Waals surface area contributed by atoms with Gasteiger partial charge in [0.25, 0.3) is 5.91 Å². The van der Waals surface area contributed by atoms with Crippen LogP contribution < -0.4 is 5.32 Å². The lowest BCUT2D eigenvalue weighted by Gasteiger charge is -2.11. The third-order valence-corrected chi connectivity index (χ3v) is 4.83. The maximum Gasteiger partial charge on any atom is 0.252 e. The number of fused-ring (bicyclic) bond motifs is 1. The molecule has 27 heavy (non-hydrogen) atoms. The molecule has 1 aliphatic rings. The summed E-state index contributed by atoms with van der Waals surface area (Å²) in [7, 11) is 0. The van der Waals surface area contributed by atoms with Crippen molar-refractivity contribution in [2.75, 3.05) is 0 Å². The number of carbonyl (C=O) groups is 1. The van der Waals surface area contributed by atoms with Crippen molar-refractivity contribution in [1.82, 2.24) is 20.1 Å². The molecular weight excluding hydrogens is 338 g/mol. The summed E-state index contributed by atoms with van der Waals surface area (Å²) in [6.45, 7) is 4.48. The molecule has 2 heterocycles. The molecule has 6 nitrogen and oxygen atoms in total. The van der Waals surface area contributed by atoms with Crippen LogP contribution >= 0.6 is 0 Å². The van der Waals surface area contributed by atoms with E-state index in [1.807, 2.05) is 22.9 Å². The smallest absolute Gasteiger partial charge is 0.252 e. The molecule has 1 amide bonds. The standard InChI is InChI=1S/C21H21N5O/c1-13(2)26-20-18(12-24-26)17(9-19(25-20)16-6-7-16)21(27)23-11-15-5-3-4-14(8-15)10-22/h3-5,8-9,12-13,16H,6-7,11H2,1-2H3,(H,23,27). The van der Waals surface area contributed by atoms with Crippen LogP contribution in [0.4, 0.5) is 0 Å². The summed E-state index contributed by atoms with van der Waals surface area (Å²) >= 11 is 0. The number of nitrogens with one attached hydrogen (secondary N) is 1. The van der Waals surface area contributed by atoms with Crippen LogP contribution in [0.3, 0.4) is 0 Å². The Morgan fingerprint density at radius 1 is 1.37 bits per heavy atom. The summed E-state index contributed by atoms with van der Waals surface area (Å²) in [6, 6.07) is 11.5. The van der Waals surface area contributed by atoms with Gasteiger partial charge < -0.3 is 5.32 Å². The van der Waals surface area contributed by atoms with Gasteiger partial charge in [0.05, 0.1) is 28.8 Å². The van der Waals surface area contributed by atoms with E-state index in [2.05, 4.69) is 30.3 Å². The maximum atomic E-state index is 12.9. The van der Waals surface area contributed by atoms with E-state index in [0.29, 0.717) is 23.6 Å². The largest absolute Gasteiger partial charge is 0.348 e. The molecule has 2 aromatic heterocycles. The van der Waals surface area contributed by atoms with Crippen LogP contribution in [0.25, 0.3) is 11.0 Å². The fourth-order valence-corrected chi connectivity index (χ4v) is 3.22. The minimum Gasteiger partial charge on any atom is -0.348 e. The summed E-state index contributed by atoms with van der Waals surface area (Å²) in [4.78, 5) is 17.7. The number of hydrogen-bond donors (Lipinski definition) is 1. The number of hydrogen-bond acceptors (Lipinski definition) is 4. The second-order valence-electron chi connectivity index (χ2n) is 7.28. The van der Waals surface area contributed by atoms with E-state index < -0.39 is 0 Å². The minimum absolute atomic E-state index is 0.144. The molecule has 0 atom stereocenters. The SMILES string of the molecule is CC(C)n1ncc2c(C(=O)NCc3cccc(C#N)c3)cc(C3CC3)nc21. The molecule has 0 aliphatic heterocycles. The van der Waals surface area contributed by atoms with Crippen LogP contribution in [0.5, 0.6) is 0 Å². The highest BCUT2D eigenvalue weighted by Gasteiger charge is 2.28. The van der Waals surface area contributed by atoms with Crippen molar-refractivity contribution in [3.63, 3.8) is 0 Å². The molecule has 0 unspecified atom stereocenters. The van der Waals surface area contributed by atoms with Crippen molar-refractivity contribution in [2.24, 2.45) is 0 Å². The number of benzene rings is 1. The summed E-state index contributed by atoms with van der Waals surface area (Å²) in [5.74, 6) is 0.304. The number of carbonyl (C=O) groups excluding carboxylic acids is 1. The van der Waals surface area contributed by atoms with Gasteiger partial charge in [0.1, 0.15) is 0 Å². The van der Waals surface area contributed by atoms with E-state index in [-0.39, 0.29) is 11.9 Å². The molecule has 0 spiro atoms. The lowest BCUT2D eigenvalue weighted by molar-refractivity contribution is 0.0952. The normalized spacial score (nSPS) is 13.7. The van der Waals surface area contributed by atoms with Crippen molar-refractivity contribution < 1.29 is 4.79 Å². The van der Waals surface area contributed by atoms with Gasteiger partial charge >= 0.3 is 0 Å². The lowest BCUT2D eigenvalue weighted by Crippen LogP contribution is -2.23. The van der Waals surface area contributed by atoms with Crippen LogP contribution in [0.1, 0.15) is 65.8 Å². The Labute approximate surface area is 157 Å². The maximum absolute atomic E-state index is 12.9. The molecule has 1 saturated carbocycles. The second kappa shape index (κ2) is 6.84. The van der Waals surface area contributed by atoms with Gasteiger partial charge in [0, 0.05) is 24.2 Å². The molecule has 1 aromatic carbocycles. The van der Waals surface area contributed by atoms with Crippen molar-refractivity contribution in [3.8, 4) is 6.07 Å². The summed E-state index contributed by atoms with van der Waals surface area (Å²) in [5.41, 5.74) is 3.84. The molecule has 0 saturated heterocycles. The Kier molecular flexibility index (Phi) is 4.36. The van der Waals surface area contributed by atoms with Crippen LogP contribution in [0, 0.1) is 11.3 Å². The average molecular weight is 359 g/mol. The van der Waals surface area contributed by atoms with Crippen LogP contribution in [-0.2, 0) is 6.54 Å². The molecule has 0 radical (unpaired) electrons. The molecular formula is C21H21N5O. The zero-order valence-electron chi connectivity index (χ0n) is 15.4. The molecule has 4 rings (SSSR count). The van der Waals surface area contributed by atoms with E-state index in [1.165, 1.54) is 0 Å². The number of pyridine rings is 1. The Bertz CT molecular complexity index is 1060. The van der Waals surface area contributed by atoms with Gasteiger partial charge in [0.2, 0.25) is 0 Å². The van der Waals surface area contributed by atoms with E-state index in [1.54, 1.807) is 18.3 Å². The highest BCUT2D eigenvalue weighted by Crippen LogP contribution is 2.40. The van der Waals surface area contributed by atoms with Crippen LogP contribution in [0.15, 0.2) is 36.5 Å². The lowest BCUT2D eigenvalue weighted by atomic mass is 10.1. The number of amides is 1. The van der Waals surface area contributed by atoms with E-state index in [0.717, 1.165) is 35.1 Å². The Morgan fingerprint density at radius 3 is 2.89 bits per heavy atom. The first kappa shape index (κ1) is 17.2. The Hall–Kier alpha value is -3.20. The van der Waals surface area contributed by atoms with Crippen molar-refractivity contribution in [2.45, 2.75) is 45.2 Å². The zero-order chi connectivity index (χ0) is 19.0.